The van der Waals surface area contributed by atoms with Crippen molar-refractivity contribution in [2.45, 2.75) is 6.92 Å². The van der Waals surface area contributed by atoms with Crippen molar-refractivity contribution in [2.24, 2.45) is 0 Å². The molecule has 1 N–H and O–H groups in total. The number of hydrogen-bond donors (Lipinski definition) is 1. The Kier molecular flexibility index (Phi) is 5.58. The molecule has 0 unspecified atom stereocenters. The van der Waals surface area contributed by atoms with Crippen LogP contribution in [-0.2, 0) is 0 Å². The summed E-state index contributed by atoms with van der Waals surface area (Å²) in [7, 11) is 0. The number of amides is 1. The molecule has 0 spiro atoms. The molecular weight excluding hydrogens is 452 g/mol. The predicted molar refractivity (Wildman–Crippen MR) is 92.4 cm³/mol. The number of rotatable bonds is 4. The number of carbonyl (C=O) groups is 1. The molecule has 6 heteroatoms. The van der Waals surface area contributed by atoms with Crippen molar-refractivity contribution in [3.05, 3.63) is 55.8 Å². The van der Waals surface area contributed by atoms with Gasteiger partial charge in [0.25, 0.3) is 5.91 Å². The highest BCUT2D eigenvalue weighted by Gasteiger charge is 2.11. The van der Waals surface area contributed by atoms with Crippen LogP contribution in [0.25, 0.3) is 0 Å². The Morgan fingerprint density at radius 2 is 2.10 bits per heavy atom. The van der Waals surface area contributed by atoms with Crippen LogP contribution < -0.4 is 10.1 Å². The SMILES string of the molecule is CCOc1ccc(C(=O)Nc2ccc(I)cc2F)cc1Br. The van der Waals surface area contributed by atoms with E-state index in [4.69, 9.17) is 4.74 Å². The van der Waals surface area contributed by atoms with Crippen molar-refractivity contribution in [3.8, 4) is 5.75 Å². The molecule has 0 heterocycles. The van der Waals surface area contributed by atoms with Crippen molar-refractivity contribution in [3.63, 3.8) is 0 Å². The fraction of sp³-hybridized carbons (Fsp3) is 0.133. The Labute approximate surface area is 144 Å². The van der Waals surface area contributed by atoms with E-state index in [1.807, 2.05) is 29.5 Å². The zero-order valence-electron chi connectivity index (χ0n) is 11.1. The van der Waals surface area contributed by atoms with Crippen molar-refractivity contribution in [1.82, 2.24) is 0 Å². The molecule has 1 amide bonds. The van der Waals surface area contributed by atoms with Gasteiger partial charge < -0.3 is 10.1 Å². The molecule has 3 nitrogen and oxygen atoms in total. The molecule has 0 fully saturated rings. The minimum atomic E-state index is -0.458. The van der Waals surface area contributed by atoms with Crippen LogP contribution in [0.2, 0.25) is 0 Å². The van der Waals surface area contributed by atoms with Crippen LogP contribution in [-0.4, -0.2) is 12.5 Å². The Morgan fingerprint density at radius 3 is 2.71 bits per heavy atom. The molecule has 2 aromatic rings. The lowest BCUT2D eigenvalue weighted by Gasteiger charge is -2.09. The molecular formula is C15H12BrFINO2. The molecule has 21 heavy (non-hydrogen) atoms. The number of hydrogen-bond acceptors (Lipinski definition) is 2. The number of ether oxygens (including phenoxy) is 1. The van der Waals surface area contributed by atoms with Gasteiger partial charge in [-0.2, -0.15) is 0 Å². The molecule has 0 atom stereocenters. The minimum Gasteiger partial charge on any atom is -0.493 e. The maximum absolute atomic E-state index is 13.7. The van der Waals surface area contributed by atoms with Crippen molar-refractivity contribution >= 4 is 50.1 Å². The van der Waals surface area contributed by atoms with E-state index in [1.54, 1.807) is 30.3 Å². The highest BCUT2D eigenvalue weighted by Crippen LogP contribution is 2.26. The first-order valence-electron chi connectivity index (χ1n) is 6.20. The third-order valence-electron chi connectivity index (χ3n) is 2.67. The number of benzene rings is 2. The standard InChI is InChI=1S/C15H12BrFINO2/c1-2-21-14-6-3-9(7-11(14)16)15(20)19-13-5-4-10(18)8-12(13)17/h3-8H,2H2,1H3,(H,19,20). The first-order chi connectivity index (χ1) is 10.0. The van der Waals surface area contributed by atoms with Gasteiger partial charge in [-0.3, -0.25) is 4.79 Å². The van der Waals surface area contributed by atoms with Crippen LogP contribution >= 0.6 is 38.5 Å². The van der Waals surface area contributed by atoms with Gasteiger partial charge in [-0.25, -0.2) is 4.39 Å². The summed E-state index contributed by atoms with van der Waals surface area (Å²) in [4.78, 5) is 12.1. The van der Waals surface area contributed by atoms with E-state index >= 15 is 0 Å². The summed E-state index contributed by atoms with van der Waals surface area (Å²) in [6.45, 7) is 2.42. The van der Waals surface area contributed by atoms with Gasteiger partial charge in [0, 0.05) is 9.13 Å². The minimum absolute atomic E-state index is 0.158. The van der Waals surface area contributed by atoms with Gasteiger partial charge in [-0.1, -0.05) is 0 Å². The van der Waals surface area contributed by atoms with Crippen molar-refractivity contribution in [1.29, 1.82) is 0 Å². The highest BCUT2D eigenvalue weighted by molar-refractivity contribution is 14.1. The lowest BCUT2D eigenvalue weighted by molar-refractivity contribution is 0.102. The van der Waals surface area contributed by atoms with Crippen LogP contribution in [0, 0.1) is 9.39 Å². The van der Waals surface area contributed by atoms with Crippen LogP contribution in [0.4, 0.5) is 10.1 Å². The van der Waals surface area contributed by atoms with Crippen LogP contribution in [0.15, 0.2) is 40.9 Å². The molecule has 0 aliphatic rings. The third kappa shape index (κ3) is 4.16. The zero-order valence-corrected chi connectivity index (χ0v) is 14.9. The number of nitrogens with one attached hydrogen (secondary N) is 1. The summed E-state index contributed by atoms with van der Waals surface area (Å²) < 4.78 is 20.6. The Morgan fingerprint density at radius 1 is 1.33 bits per heavy atom. The monoisotopic (exact) mass is 463 g/mol. The molecule has 0 aromatic heterocycles. The van der Waals surface area contributed by atoms with Gasteiger partial charge in [-0.15, -0.1) is 0 Å². The second kappa shape index (κ2) is 7.22. The number of carbonyl (C=O) groups excluding carboxylic acids is 1. The topological polar surface area (TPSA) is 38.3 Å². The Bertz CT molecular complexity index is 679. The smallest absolute Gasteiger partial charge is 0.255 e. The highest BCUT2D eigenvalue weighted by atomic mass is 127. The second-order valence-electron chi connectivity index (χ2n) is 4.16. The fourth-order valence-electron chi connectivity index (χ4n) is 1.70. The number of anilines is 1. The first-order valence-corrected chi connectivity index (χ1v) is 8.07. The van der Waals surface area contributed by atoms with Gasteiger partial charge in [0.1, 0.15) is 11.6 Å². The van der Waals surface area contributed by atoms with E-state index < -0.39 is 5.82 Å². The van der Waals surface area contributed by atoms with Gasteiger partial charge >= 0.3 is 0 Å². The molecule has 0 saturated carbocycles. The van der Waals surface area contributed by atoms with Crippen LogP contribution in [0.3, 0.4) is 0 Å². The van der Waals surface area contributed by atoms with Crippen LogP contribution in [0.1, 0.15) is 17.3 Å². The largest absolute Gasteiger partial charge is 0.493 e. The lowest BCUT2D eigenvalue weighted by atomic mass is 10.2. The summed E-state index contributed by atoms with van der Waals surface area (Å²) in [6, 6.07) is 9.61. The van der Waals surface area contributed by atoms with E-state index in [2.05, 4.69) is 21.2 Å². The molecule has 0 bridgehead atoms. The molecule has 2 rings (SSSR count). The summed E-state index contributed by atoms with van der Waals surface area (Å²) in [5.74, 6) is -0.173. The first kappa shape index (κ1) is 16.2. The van der Waals surface area contributed by atoms with E-state index in [9.17, 15) is 9.18 Å². The van der Waals surface area contributed by atoms with E-state index in [1.165, 1.54) is 6.07 Å². The average Bonchev–Trinajstić information content (AvgIpc) is 2.44. The maximum atomic E-state index is 13.7. The normalized spacial score (nSPS) is 10.3. The fourth-order valence-corrected chi connectivity index (χ4v) is 2.65. The Balaban J connectivity index is 2.18. The molecule has 2 aromatic carbocycles. The average molecular weight is 464 g/mol. The molecule has 0 radical (unpaired) electrons. The summed E-state index contributed by atoms with van der Waals surface area (Å²) in [5.41, 5.74) is 0.578. The second-order valence-corrected chi connectivity index (χ2v) is 6.26. The van der Waals surface area contributed by atoms with Gasteiger partial charge in [-0.05, 0) is 81.8 Å². The molecule has 0 aliphatic carbocycles. The Hall–Kier alpha value is -1.15. The van der Waals surface area contributed by atoms with Crippen molar-refractivity contribution in [2.75, 3.05) is 11.9 Å². The summed E-state index contributed by atoms with van der Waals surface area (Å²) in [6.07, 6.45) is 0. The van der Waals surface area contributed by atoms with Crippen molar-refractivity contribution < 1.29 is 13.9 Å². The van der Waals surface area contributed by atoms with Crippen LogP contribution in [0.5, 0.6) is 5.75 Å². The number of halogens is 3. The van der Waals surface area contributed by atoms with E-state index in [0.717, 1.165) is 3.57 Å². The predicted octanol–water partition coefficient (Wildman–Crippen LogP) is 4.84. The van der Waals surface area contributed by atoms with Gasteiger partial charge in [0.2, 0.25) is 0 Å². The van der Waals surface area contributed by atoms with E-state index in [-0.39, 0.29) is 11.6 Å². The van der Waals surface area contributed by atoms with Gasteiger partial charge in [0.15, 0.2) is 0 Å². The molecule has 0 saturated heterocycles. The molecule has 0 aliphatic heterocycles. The van der Waals surface area contributed by atoms with Gasteiger partial charge in [0.05, 0.1) is 16.8 Å². The maximum Gasteiger partial charge on any atom is 0.255 e. The molecule has 110 valence electrons. The summed E-state index contributed by atoms with van der Waals surface area (Å²) in [5, 5.41) is 2.55. The van der Waals surface area contributed by atoms with E-state index in [0.29, 0.717) is 22.4 Å². The zero-order chi connectivity index (χ0) is 15.4. The quantitative estimate of drug-likeness (QED) is 0.658. The lowest BCUT2D eigenvalue weighted by Crippen LogP contribution is -2.13. The summed E-state index contributed by atoms with van der Waals surface area (Å²) >= 11 is 5.36. The third-order valence-corrected chi connectivity index (χ3v) is 3.96.